The Morgan fingerprint density at radius 1 is 1.03 bits per heavy atom. The van der Waals surface area contributed by atoms with Crippen molar-refractivity contribution in [2.24, 2.45) is 5.41 Å². The molecule has 6 nitrogen and oxygen atoms in total. The van der Waals surface area contributed by atoms with Crippen molar-refractivity contribution in [3.05, 3.63) is 78.4 Å². The molecule has 0 saturated carbocycles. The van der Waals surface area contributed by atoms with E-state index in [0.29, 0.717) is 18.1 Å². The number of aromatic nitrogens is 2. The first kappa shape index (κ1) is 25.1. The predicted molar refractivity (Wildman–Crippen MR) is 134 cm³/mol. The van der Waals surface area contributed by atoms with E-state index in [1.54, 1.807) is 36.4 Å². The minimum absolute atomic E-state index is 0.00673. The Kier molecular flexibility index (Phi) is 8.57. The van der Waals surface area contributed by atoms with Crippen LogP contribution in [0, 0.1) is 11.2 Å². The molecule has 180 valence electrons. The summed E-state index contributed by atoms with van der Waals surface area (Å²) in [6.45, 7) is 8.18. The number of carbonyl (C=O) groups excluding carboxylic acids is 1. The fraction of sp³-hybridized carbons (Fsp3) is 0.370. The van der Waals surface area contributed by atoms with Gasteiger partial charge in [-0.1, -0.05) is 32.9 Å². The van der Waals surface area contributed by atoms with Crippen LogP contribution in [0.25, 0.3) is 0 Å². The average Bonchev–Trinajstić information content (AvgIpc) is 3.39. The van der Waals surface area contributed by atoms with Crippen LogP contribution in [0.1, 0.15) is 39.2 Å². The van der Waals surface area contributed by atoms with Gasteiger partial charge in [0.25, 0.3) is 0 Å². The Hall–Kier alpha value is -3.48. The highest BCUT2D eigenvalue weighted by atomic mass is 19.1. The van der Waals surface area contributed by atoms with Crippen LogP contribution < -0.4 is 14.5 Å². The Labute approximate surface area is 201 Å². The molecule has 34 heavy (non-hydrogen) atoms. The van der Waals surface area contributed by atoms with Crippen LogP contribution in [-0.2, 0) is 11.3 Å². The molecule has 0 bridgehead atoms. The topological polar surface area (TPSA) is 58.6 Å². The molecule has 3 aromatic rings. The average molecular weight is 465 g/mol. The minimum Gasteiger partial charge on any atom is -0.481 e. The van der Waals surface area contributed by atoms with Gasteiger partial charge in [0.05, 0.1) is 13.7 Å². The van der Waals surface area contributed by atoms with E-state index in [1.807, 2.05) is 51.2 Å². The maximum absolute atomic E-state index is 13.3. The van der Waals surface area contributed by atoms with E-state index in [-0.39, 0.29) is 11.7 Å². The molecule has 1 saturated heterocycles. The summed E-state index contributed by atoms with van der Waals surface area (Å²) in [5.74, 6) is 1.33. The van der Waals surface area contributed by atoms with Gasteiger partial charge in [-0.25, -0.2) is 14.4 Å². The van der Waals surface area contributed by atoms with Crippen molar-refractivity contribution in [2.75, 3.05) is 30.0 Å². The number of methoxy groups -OCH3 is 1. The van der Waals surface area contributed by atoms with Gasteiger partial charge in [0.15, 0.2) is 0 Å². The zero-order chi connectivity index (χ0) is 24.6. The van der Waals surface area contributed by atoms with Crippen LogP contribution in [0.4, 0.5) is 15.9 Å². The Balaban J connectivity index is 0.000000343. The van der Waals surface area contributed by atoms with Crippen LogP contribution in [0.3, 0.4) is 0 Å². The fourth-order valence-electron chi connectivity index (χ4n) is 3.60. The lowest BCUT2D eigenvalue weighted by molar-refractivity contribution is -0.125. The van der Waals surface area contributed by atoms with E-state index in [2.05, 4.69) is 14.9 Å². The van der Waals surface area contributed by atoms with Crippen molar-refractivity contribution in [3.63, 3.8) is 0 Å². The lowest BCUT2D eigenvalue weighted by Gasteiger charge is -2.30. The Bertz CT molecular complexity index is 1030. The van der Waals surface area contributed by atoms with E-state index >= 15 is 0 Å². The molecule has 1 aliphatic heterocycles. The quantitative estimate of drug-likeness (QED) is 0.500. The van der Waals surface area contributed by atoms with Crippen LogP contribution in [0.2, 0.25) is 0 Å². The summed E-state index contributed by atoms with van der Waals surface area (Å²) in [7, 11) is 1.60. The van der Waals surface area contributed by atoms with Crippen LogP contribution >= 0.6 is 0 Å². The van der Waals surface area contributed by atoms with E-state index in [4.69, 9.17) is 4.74 Å². The molecule has 0 unspecified atom stereocenters. The number of rotatable bonds is 5. The van der Waals surface area contributed by atoms with Crippen molar-refractivity contribution in [3.8, 4) is 5.88 Å². The van der Waals surface area contributed by atoms with Crippen molar-refractivity contribution in [1.29, 1.82) is 0 Å². The summed E-state index contributed by atoms with van der Waals surface area (Å²) in [5.41, 5.74) is 1.11. The number of amides is 1. The number of ether oxygens (including phenoxy) is 1. The van der Waals surface area contributed by atoms with E-state index in [1.165, 1.54) is 25.0 Å². The lowest BCUT2D eigenvalue weighted by atomic mass is 9.94. The summed E-state index contributed by atoms with van der Waals surface area (Å²) in [5, 5.41) is 0. The molecule has 1 fully saturated rings. The number of nitrogens with zero attached hydrogens (tertiary/aromatic N) is 4. The van der Waals surface area contributed by atoms with E-state index < -0.39 is 5.41 Å². The number of halogens is 1. The molecule has 0 radical (unpaired) electrons. The highest BCUT2D eigenvalue weighted by Gasteiger charge is 2.28. The summed E-state index contributed by atoms with van der Waals surface area (Å²) in [6, 6.07) is 15.6. The van der Waals surface area contributed by atoms with Gasteiger partial charge < -0.3 is 14.5 Å². The predicted octanol–water partition coefficient (Wildman–Crippen LogP) is 5.49. The number of hydrogen-bond donors (Lipinski definition) is 0. The highest BCUT2D eigenvalue weighted by molar-refractivity contribution is 5.96. The standard InChI is InChI=1S/C21H26FN3O.C6H7NO/c1-21(2,3)20(26)25(18-9-7-17(22)8-10-18)15-16-6-11-19(23-14-16)24-12-4-5-13-24;1-8-6-4-2-3-5-7-6/h6-11,14H,4-5,12-13,15H2,1-3H3;2-5H,1H3. The molecule has 3 heterocycles. The molecular weight excluding hydrogens is 431 g/mol. The molecule has 4 rings (SSSR count). The van der Waals surface area contributed by atoms with Crippen LogP contribution in [0.15, 0.2) is 67.0 Å². The third-order valence-corrected chi connectivity index (χ3v) is 5.45. The fourth-order valence-corrected chi connectivity index (χ4v) is 3.60. The summed E-state index contributed by atoms with van der Waals surface area (Å²) in [4.78, 5) is 25.4. The minimum atomic E-state index is -0.530. The van der Waals surface area contributed by atoms with Gasteiger partial charge in [0, 0.05) is 42.7 Å². The zero-order valence-electron chi connectivity index (χ0n) is 20.4. The largest absolute Gasteiger partial charge is 0.481 e. The van der Waals surface area contributed by atoms with Gasteiger partial charge in [-0.3, -0.25) is 4.79 Å². The van der Waals surface area contributed by atoms with Crippen LogP contribution in [0.5, 0.6) is 5.88 Å². The van der Waals surface area contributed by atoms with Crippen LogP contribution in [-0.4, -0.2) is 36.1 Å². The van der Waals surface area contributed by atoms with Crippen molar-refractivity contribution < 1.29 is 13.9 Å². The first-order chi connectivity index (χ1) is 16.3. The summed E-state index contributed by atoms with van der Waals surface area (Å²) >= 11 is 0. The Morgan fingerprint density at radius 3 is 2.24 bits per heavy atom. The third-order valence-electron chi connectivity index (χ3n) is 5.45. The second-order valence-corrected chi connectivity index (χ2v) is 9.21. The normalized spacial score (nSPS) is 13.1. The van der Waals surface area contributed by atoms with Gasteiger partial charge in [-0.2, -0.15) is 0 Å². The Morgan fingerprint density at radius 2 is 1.74 bits per heavy atom. The molecule has 1 amide bonds. The molecule has 0 aliphatic carbocycles. The number of hydrogen-bond acceptors (Lipinski definition) is 5. The maximum Gasteiger partial charge on any atom is 0.232 e. The van der Waals surface area contributed by atoms with Gasteiger partial charge in [0.1, 0.15) is 11.6 Å². The molecule has 0 atom stereocenters. The molecule has 7 heteroatoms. The SMILES string of the molecule is CC(C)(C)C(=O)N(Cc1ccc(N2CCCC2)nc1)c1ccc(F)cc1.COc1ccccn1. The molecular formula is C27H33FN4O2. The molecule has 2 aromatic heterocycles. The lowest BCUT2D eigenvalue weighted by Crippen LogP contribution is -2.39. The summed E-state index contributed by atoms with van der Waals surface area (Å²) in [6.07, 6.45) is 5.95. The first-order valence-electron chi connectivity index (χ1n) is 11.5. The third kappa shape index (κ3) is 7.01. The van der Waals surface area contributed by atoms with Gasteiger partial charge in [-0.05, 0) is 54.8 Å². The smallest absolute Gasteiger partial charge is 0.232 e. The van der Waals surface area contributed by atoms with Crippen molar-refractivity contribution in [1.82, 2.24) is 9.97 Å². The monoisotopic (exact) mass is 464 g/mol. The van der Waals surface area contributed by atoms with E-state index in [0.717, 1.165) is 24.5 Å². The number of anilines is 2. The second kappa shape index (κ2) is 11.6. The molecule has 0 spiro atoms. The second-order valence-electron chi connectivity index (χ2n) is 9.21. The van der Waals surface area contributed by atoms with Gasteiger partial charge >= 0.3 is 0 Å². The van der Waals surface area contributed by atoms with Crippen molar-refractivity contribution in [2.45, 2.75) is 40.2 Å². The van der Waals surface area contributed by atoms with Gasteiger partial charge in [-0.15, -0.1) is 0 Å². The van der Waals surface area contributed by atoms with Gasteiger partial charge in [0.2, 0.25) is 11.8 Å². The summed E-state index contributed by atoms with van der Waals surface area (Å²) < 4.78 is 18.1. The number of pyridine rings is 2. The molecule has 1 aliphatic rings. The molecule has 1 aromatic carbocycles. The van der Waals surface area contributed by atoms with Crippen molar-refractivity contribution >= 4 is 17.4 Å². The number of carbonyl (C=O) groups is 1. The highest BCUT2D eigenvalue weighted by Crippen LogP contribution is 2.26. The molecule has 0 N–H and O–H groups in total. The number of benzene rings is 1. The zero-order valence-corrected chi connectivity index (χ0v) is 20.4. The van der Waals surface area contributed by atoms with E-state index in [9.17, 15) is 9.18 Å². The maximum atomic E-state index is 13.3. The first-order valence-corrected chi connectivity index (χ1v) is 11.5.